The first-order chi connectivity index (χ1) is 28.1. The van der Waals surface area contributed by atoms with Crippen molar-refractivity contribution in [3.05, 3.63) is 153 Å². The number of aromatic nitrogens is 6. The van der Waals surface area contributed by atoms with E-state index in [2.05, 4.69) is 113 Å². The van der Waals surface area contributed by atoms with Crippen LogP contribution < -0.4 is 10.6 Å². The summed E-state index contributed by atoms with van der Waals surface area (Å²) in [7, 11) is 0. The topological polar surface area (TPSA) is 136 Å². The number of carbonyl (C=O) groups is 2. The van der Waals surface area contributed by atoms with Crippen LogP contribution in [-0.4, -0.2) is 53.2 Å². The Morgan fingerprint density at radius 1 is 0.534 bits per heavy atom. The Morgan fingerprint density at radius 3 is 1.33 bits per heavy atom. The zero-order chi connectivity index (χ0) is 40.4. The van der Waals surface area contributed by atoms with E-state index in [1.54, 1.807) is 0 Å². The molecule has 2 N–H and O–H groups in total. The lowest BCUT2D eigenvalue weighted by Gasteiger charge is -2.05. The fraction of sp³-hybridized carbons (Fsp3) is 0.182. The summed E-state index contributed by atoms with van der Waals surface area (Å²) in [5.41, 5.74) is 6.12. The fourth-order valence-corrected chi connectivity index (χ4v) is 9.45. The number of benzene rings is 4. The average Bonchev–Trinajstić information content (AvgIpc) is 3.84. The zero-order valence-electron chi connectivity index (χ0n) is 32.4. The summed E-state index contributed by atoms with van der Waals surface area (Å²) < 4.78 is 0. The van der Waals surface area contributed by atoms with E-state index in [0.717, 1.165) is 45.4 Å². The molecule has 4 aromatic heterocycles. The molecule has 0 aliphatic rings. The molecule has 4 aromatic carbocycles. The highest BCUT2D eigenvalue weighted by Gasteiger charge is 2.13. The highest BCUT2D eigenvalue weighted by molar-refractivity contribution is 8.00. The van der Waals surface area contributed by atoms with Crippen molar-refractivity contribution >= 4 is 89.8 Å². The summed E-state index contributed by atoms with van der Waals surface area (Å²) in [5.74, 6) is 0.287. The number of nitrogens with one attached hydrogen (secondary N) is 2. The highest BCUT2D eigenvalue weighted by Crippen LogP contribution is 2.28. The third-order valence-corrected chi connectivity index (χ3v) is 12.2. The lowest BCUT2D eigenvalue weighted by molar-refractivity contribution is -0.114. The van der Waals surface area contributed by atoms with Crippen LogP contribution in [0, 0.1) is 27.7 Å². The van der Waals surface area contributed by atoms with E-state index >= 15 is 0 Å². The number of carbonyl (C=O) groups excluding carboxylic acids is 2. The van der Waals surface area contributed by atoms with Gasteiger partial charge in [-0.25, -0.2) is 29.9 Å². The molecular formula is C44H40N8O2S4. The molecule has 0 aliphatic heterocycles. The average molecular weight is 841 g/mol. The van der Waals surface area contributed by atoms with Gasteiger partial charge in [-0.2, -0.15) is 0 Å². The molecule has 0 unspecified atom stereocenters. The predicted molar refractivity (Wildman–Crippen MR) is 239 cm³/mol. The van der Waals surface area contributed by atoms with Gasteiger partial charge in [0.05, 0.1) is 11.5 Å². The van der Waals surface area contributed by atoms with Crippen LogP contribution in [0.5, 0.6) is 0 Å². The lowest BCUT2D eigenvalue weighted by Crippen LogP contribution is -2.14. The first-order valence-corrected chi connectivity index (χ1v) is 22.1. The van der Waals surface area contributed by atoms with Crippen molar-refractivity contribution in [1.82, 2.24) is 29.9 Å². The number of nitrogens with zero attached hydrogens (tertiary/aromatic N) is 6. The molecule has 292 valence electrons. The van der Waals surface area contributed by atoms with E-state index in [0.29, 0.717) is 20.6 Å². The third-order valence-electron chi connectivity index (χ3n) is 8.68. The zero-order valence-corrected chi connectivity index (χ0v) is 35.6. The minimum absolute atomic E-state index is 0.108. The van der Waals surface area contributed by atoms with Gasteiger partial charge in [-0.1, -0.05) is 108 Å². The van der Waals surface area contributed by atoms with Gasteiger partial charge in [-0.15, -0.1) is 22.7 Å². The molecule has 0 fully saturated rings. The van der Waals surface area contributed by atoms with E-state index < -0.39 is 0 Å². The molecule has 0 atom stereocenters. The van der Waals surface area contributed by atoms with Crippen molar-refractivity contribution in [2.45, 2.75) is 50.8 Å². The summed E-state index contributed by atoms with van der Waals surface area (Å²) in [4.78, 5) is 52.9. The Hall–Kier alpha value is -5.54. The van der Waals surface area contributed by atoms with Crippen LogP contribution in [0.4, 0.5) is 10.3 Å². The molecule has 14 heteroatoms. The second-order valence-electron chi connectivity index (χ2n) is 13.4. The van der Waals surface area contributed by atoms with E-state index in [1.165, 1.54) is 78.9 Å². The van der Waals surface area contributed by atoms with Gasteiger partial charge in [0.1, 0.15) is 0 Å². The largest absolute Gasteiger partial charge is 0.301 e. The molecule has 8 aromatic rings. The summed E-state index contributed by atoms with van der Waals surface area (Å²) in [6, 6.07) is 33.2. The van der Waals surface area contributed by atoms with Crippen LogP contribution in [0.2, 0.25) is 0 Å². The SMILES string of the molecule is Cc1cc(C)nc(SCC(=O)Nc2ncc(Cc3cccc4ccccc34)s2)n1.Cc1cc(C)nc(SCC(=O)Nc2ncc(Cc3cccc4ccccc34)s2)n1. The van der Waals surface area contributed by atoms with Gasteiger partial charge < -0.3 is 10.6 Å². The van der Waals surface area contributed by atoms with E-state index in [4.69, 9.17) is 0 Å². The van der Waals surface area contributed by atoms with Crippen molar-refractivity contribution in [3.63, 3.8) is 0 Å². The Kier molecular flexibility index (Phi) is 13.5. The van der Waals surface area contributed by atoms with E-state index in [1.807, 2.05) is 64.4 Å². The fourth-order valence-electron chi connectivity index (χ4n) is 6.25. The summed E-state index contributed by atoms with van der Waals surface area (Å²) in [5, 5.41) is 13.2. The quantitative estimate of drug-likeness (QED) is 0.0904. The monoisotopic (exact) mass is 840 g/mol. The van der Waals surface area contributed by atoms with Crippen LogP contribution in [0.25, 0.3) is 21.5 Å². The maximum Gasteiger partial charge on any atom is 0.236 e. The molecule has 0 bridgehead atoms. The molecule has 0 radical (unpaired) electrons. The standard InChI is InChI=1S/2C22H20N4OS2/c2*1-14-10-15(2)25-22(24-14)28-13-20(27)26-21-23-12-18(29-21)11-17-8-5-7-16-6-3-4-9-19(16)17/h2*3-10,12H,11,13H2,1-2H3,(H,23,26,27). The van der Waals surface area contributed by atoms with Gasteiger partial charge in [0.2, 0.25) is 11.8 Å². The molecule has 0 spiro atoms. The number of hydrogen-bond acceptors (Lipinski definition) is 12. The predicted octanol–water partition coefficient (Wildman–Crippen LogP) is 10.0. The Bertz CT molecular complexity index is 2480. The number of thioether (sulfide) groups is 2. The number of hydrogen-bond donors (Lipinski definition) is 2. The van der Waals surface area contributed by atoms with E-state index in [-0.39, 0.29) is 23.3 Å². The van der Waals surface area contributed by atoms with Crippen LogP contribution in [-0.2, 0) is 22.4 Å². The van der Waals surface area contributed by atoms with Gasteiger partial charge in [0.15, 0.2) is 20.6 Å². The number of amides is 2. The minimum Gasteiger partial charge on any atom is -0.301 e. The second kappa shape index (κ2) is 19.3. The number of fused-ring (bicyclic) bond motifs is 2. The van der Waals surface area contributed by atoms with Crippen molar-refractivity contribution in [2.24, 2.45) is 0 Å². The van der Waals surface area contributed by atoms with Crippen molar-refractivity contribution in [3.8, 4) is 0 Å². The molecule has 58 heavy (non-hydrogen) atoms. The Labute approximate surface area is 353 Å². The maximum absolute atomic E-state index is 12.3. The van der Waals surface area contributed by atoms with Gasteiger partial charge in [-0.05, 0) is 72.5 Å². The molecule has 0 aliphatic carbocycles. The molecule has 8 rings (SSSR count). The Balaban J connectivity index is 0.000000177. The third kappa shape index (κ3) is 11.3. The lowest BCUT2D eigenvalue weighted by atomic mass is 10.0. The van der Waals surface area contributed by atoms with Crippen molar-refractivity contribution in [2.75, 3.05) is 22.1 Å². The number of anilines is 2. The second-order valence-corrected chi connectivity index (χ2v) is 17.5. The normalized spacial score (nSPS) is 11.0. The molecule has 4 heterocycles. The summed E-state index contributed by atoms with van der Waals surface area (Å²) >= 11 is 5.67. The number of rotatable bonds is 12. The Morgan fingerprint density at radius 2 is 0.914 bits per heavy atom. The van der Waals surface area contributed by atoms with Gasteiger partial charge in [0.25, 0.3) is 0 Å². The minimum atomic E-state index is -0.108. The number of aryl methyl sites for hydroxylation is 4. The van der Waals surface area contributed by atoms with Gasteiger partial charge in [0, 0.05) is 57.8 Å². The summed E-state index contributed by atoms with van der Waals surface area (Å²) in [6.45, 7) is 7.69. The van der Waals surface area contributed by atoms with Crippen LogP contribution in [0.15, 0.2) is 120 Å². The number of thiazole rings is 2. The maximum atomic E-state index is 12.3. The molecular weight excluding hydrogens is 801 g/mol. The molecule has 0 saturated heterocycles. The highest BCUT2D eigenvalue weighted by atomic mass is 32.2. The smallest absolute Gasteiger partial charge is 0.236 e. The van der Waals surface area contributed by atoms with Crippen LogP contribution in [0.3, 0.4) is 0 Å². The molecule has 2 amide bonds. The molecule has 0 saturated carbocycles. The van der Waals surface area contributed by atoms with Gasteiger partial charge >= 0.3 is 0 Å². The van der Waals surface area contributed by atoms with Crippen molar-refractivity contribution in [1.29, 1.82) is 0 Å². The first-order valence-electron chi connectivity index (χ1n) is 18.5. The van der Waals surface area contributed by atoms with Crippen LogP contribution >= 0.6 is 46.2 Å². The van der Waals surface area contributed by atoms with Crippen LogP contribution in [0.1, 0.15) is 43.7 Å². The first kappa shape index (κ1) is 40.6. The van der Waals surface area contributed by atoms with E-state index in [9.17, 15) is 9.59 Å². The molecule has 10 nitrogen and oxygen atoms in total. The van der Waals surface area contributed by atoms with Gasteiger partial charge in [-0.3, -0.25) is 9.59 Å². The van der Waals surface area contributed by atoms with Crippen molar-refractivity contribution < 1.29 is 9.59 Å². The summed E-state index contributed by atoms with van der Waals surface area (Å²) in [6.07, 6.45) is 5.25.